The monoisotopic (exact) mass is 387 g/mol. The maximum atomic E-state index is 13.8. The molecule has 0 radical (unpaired) electrons. The summed E-state index contributed by atoms with van der Waals surface area (Å²) in [5.74, 6) is 1.03. The minimum Gasteiger partial charge on any atom is -0.322 e. The fourth-order valence-electron chi connectivity index (χ4n) is 2.26. The van der Waals surface area contributed by atoms with Gasteiger partial charge in [0.1, 0.15) is 11.6 Å². The van der Waals surface area contributed by atoms with Crippen LogP contribution < -0.4 is 0 Å². The van der Waals surface area contributed by atoms with Gasteiger partial charge < -0.3 is 4.57 Å². The molecule has 3 aromatic rings. The summed E-state index contributed by atoms with van der Waals surface area (Å²) in [6, 6.07) is 3.20. The largest absolute Gasteiger partial charge is 0.322 e. The number of rotatable bonds is 4. The van der Waals surface area contributed by atoms with Crippen LogP contribution in [-0.2, 0) is 13.0 Å². The second kappa shape index (κ2) is 6.02. The molecule has 7 heteroatoms. The van der Waals surface area contributed by atoms with Gasteiger partial charge in [0, 0.05) is 23.7 Å². The summed E-state index contributed by atoms with van der Waals surface area (Å²) in [7, 11) is 0. The molecule has 0 amide bonds. The smallest absolute Gasteiger partial charge is 0.139 e. The van der Waals surface area contributed by atoms with Crippen molar-refractivity contribution in [3.63, 3.8) is 0 Å². The van der Waals surface area contributed by atoms with Crippen molar-refractivity contribution in [1.29, 1.82) is 0 Å². The first-order valence-electron chi connectivity index (χ1n) is 6.39. The number of imidazole rings is 1. The molecule has 0 aliphatic heterocycles. The van der Waals surface area contributed by atoms with Gasteiger partial charge in [-0.2, -0.15) is 0 Å². The minimum absolute atomic E-state index is 0.296. The van der Waals surface area contributed by atoms with Gasteiger partial charge in [0.2, 0.25) is 0 Å². The first-order valence-corrected chi connectivity index (χ1v) is 8.60. The summed E-state index contributed by atoms with van der Waals surface area (Å²) in [4.78, 5) is 9.03. The number of aromatic nitrogens is 3. The van der Waals surface area contributed by atoms with Crippen molar-refractivity contribution in [2.45, 2.75) is 19.9 Å². The number of hydrogen-bond donors (Lipinski definition) is 0. The zero-order valence-corrected chi connectivity index (χ0v) is 14.4. The van der Waals surface area contributed by atoms with E-state index in [0.717, 1.165) is 27.6 Å². The fraction of sp³-hybridized carbons (Fsp3) is 0.286. The molecule has 0 atom stereocenters. The Morgan fingerprint density at radius 3 is 2.86 bits per heavy atom. The van der Waals surface area contributed by atoms with Gasteiger partial charge in [-0.15, -0.1) is 22.9 Å². The van der Waals surface area contributed by atoms with Gasteiger partial charge in [-0.05, 0) is 28.9 Å². The standard InChI is InChI=1S/C14H12BrClFN3S/c1-8-18-9(7-21-8)6-20-13-5-11(17)10(15)4-12(13)19-14(20)2-3-16/h4-5,7H,2-3,6H2,1H3. The van der Waals surface area contributed by atoms with Crippen molar-refractivity contribution >= 4 is 49.9 Å². The molecule has 0 spiro atoms. The van der Waals surface area contributed by atoms with Gasteiger partial charge in [0.25, 0.3) is 0 Å². The van der Waals surface area contributed by atoms with Crippen molar-refractivity contribution in [2.75, 3.05) is 5.88 Å². The first-order chi connectivity index (χ1) is 10.1. The maximum absolute atomic E-state index is 13.8. The fourth-order valence-corrected chi connectivity index (χ4v) is 3.37. The van der Waals surface area contributed by atoms with Gasteiger partial charge in [-0.1, -0.05) is 0 Å². The molecule has 110 valence electrons. The summed E-state index contributed by atoms with van der Waals surface area (Å²) in [6.45, 7) is 2.55. The summed E-state index contributed by atoms with van der Waals surface area (Å²) in [5, 5.41) is 3.03. The van der Waals surface area contributed by atoms with Crippen LogP contribution >= 0.6 is 38.9 Å². The molecule has 0 N–H and O–H groups in total. The van der Waals surface area contributed by atoms with Crippen molar-refractivity contribution in [2.24, 2.45) is 0 Å². The van der Waals surface area contributed by atoms with Crippen LogP contribution in [0.4, 0.5) is 4.39 Å². The number of aryl methyl sites for hydroxylation is 2. The maximum Gasteiger partial charge on any atom is 0.139 e. The van der Waals surface area contributed by atoms with E-state index in [1.165, 1.54) is 6.07 Å². The number of alkyl halides is 1. The molecular weight excluding hydrogens is 377 g/mol. The van der Waals surface area contributed by atoms with E-state index in [9.17, 15) is 4.39 Å². The molecule has 0 saturated carbocycles. The van der Waals surface area contributed by atoms with E-state index < -0.39 is 0 Å². The lowest BCUT2D eigenvalue weighted by atomic mass is 10.3. The van der Waals surface area contributed by atoms with E-state index in [1.807, 2.05) is 16.9 Å². The van der Waals surface area contributed by atoms with E-state index in [-0.39, 0.29) is 5.82 Å². The Bertz CT molecular complexity index is 799. The number of halogens is 3. The van der Waals surface area contributed by atoms with Crippen molar-refractivity contribution in [3.05, 3.63) is 44.3 Å². The van der Waals surface area contributed by atoms with Crippen molar-refractivity contribution in [1.82, 2.24) is 14.5 Å². The highest BCUT2D eigenvalue weighted by atomic mass is 79.9. The van der Waals surface area contributed by atoms with Crippen LogP contribution in [0.15, 0.2) is 22.0 Å². The van der Waals surface area contributed by atoms with Crippen LogP contribution in [0.5, 0.6) is 0 Å². The Kier molecular flexibility index (Phi) is 4.28. The van der Waals surface area contributed by atoms with E-state index in [0.29, 0.717) is 23.3 Å². The predicted molar refractivity (Wildman–Crippen MR) is 87.8 cm³/mol. The summed E-state index contributed by atoms with van der Waals surface area (Å²) in [5.41, 5.74) is 2.48. The Hall–Kier alpha value is -0.980. The number of fused-ring (bicyclic) bond motifs is 1. The molecule has 0 unspecified atom stereocenters. The zero-order chi connectivity index (χ0) is 15.0. The highest BCUT2D eigenvalue weighted by Crippen LogP contribution is 2.25. The number of nitrogens with zero attached hydrogens (tertiary/aromatic N) is 3. The molecule has 2 heterocycles. The summed E-state index contributed by atoms with van der Waals surface area (Å²) < 4.78 is 16.2. The molecular formula is C14H12BrClFN3S. The van der Waals surface area contributed by atoms with Crippen LogP contribution in [0.1, 0.15) is 16.5 Å². The van der Waals surface area contributed by atoms with Crippen LogP contribution in [0, 0.1) is 12.7 Å². The average Bonchev–Trinajstić information content (AvgIpc) is 2.97. The Morgan fingerprint density at radius 2 is 2.19 bits per heavy atom. The second-order valence-corrected chi connectivity index (χ2v) is 6.96. The van der Waals surface area contributed by atoms with Crippen molar-refractivity contribution in [3.8, 4) is 0 Å². The van der Waals surface area contributed by atoms with Crippen LogP contribution in [-0.4, -0.2) is 20.4 Å². The zero-order valence-electron chi connectivity index (χ0n) is 11.2. The van der Waals surface area contributed by atoms with E-state index in [4.69, 9.17) is 11.6 Å². The number of thiazole rings is 1. The quantitative estimate of drug-likeness (QED) is 0.615. The molecule has 21 heavy (non-hydrogen) atoms. The summed E-state index contributed by atoms with van der Waals surface area (Å²) in [6.07, 6.45) is 0.637. The molecule has 3 rings (SSSR count). The highest BCUT2D eigenvalue weighted by Gasteiger charge is 2.14. The third kappa shape index (κ3) is 2.98. The minimum atomic E-state index is -0.296. The number of benzene rings is 1. The molecule has 0 bridgehead atoms. The number of hydrogen-bond acceptors (Lipinski definition) is 3. The Morgan fingerprint density at radius 1 is 1.38 bits per heavy atom. The lowest BCUT2D eigenvalue weighted by molar-refractivity contribution is 0.621. The topological polar surface area (TPSA) is 30.7 Å². The lowest BCUT2D eigenvalue weighted by Crippen LogP contribution is -2.06. The van der Waals surface area contributed by atoms with Crippen LogP contribution in [0.25, 0.3) is 11.0 Å². The lowest BCUT2D eigenvalue weighted by Gasteiger charge is -2.07. The Labute approximate surface area is 138 Å². The molecule has 0 fully saturated rings. The van der Waals surface area contributed by atoms with Gasteiger partial charge in [-0.25, -0.2) is 14.4 Å². The third-order valence-electron chi connectivity index (χ3n) is 3.17. The highest BCUT2D eigenvalue weighted by molar-refractivity contribution is 9.10. The molecule has 1 aromatic carbocycles. The normalized spacial score (nSPS) is 11.4. The molecule has 2 aromatic heterocycles. The van der Waals surface area contributed by atoms with Crippen LogP contribution in [0.3, 0.4) is 0 Å². The SMILES string of the molecule is Cc1nc(Cn2c(CCCl)nc3cc(Br)c(F)cc32)cs1. The van der Waals surface area contributed by atoms with Gasteiger partial charge in [0.05, 0.1) is 32.8 Å². The second-order valence-electron chi connectivity index (χ2n) is 4.67. The molecule has 0 saturated heterocycles. The van der Waals surface area contributed by atoms with Gasteiger partial charge >= 0.3 is 0 Å². The van der Waals surface area contributed by atoms with Crippen molar-refractivity contribution < 1.29 is 4.39 Å². The molecule has 0 aliphatic rings. The van der Waals surface area contributed by atoms with E-state index >= 15 is 0 Å². The van der Waals surface area contributed by atoms with Gasteiger partial charge in [0.15, 0.2) is 0 Å². The summed E-state index contributed by atoms with van der Waals surface area (Å²) >= 11 is 10.7. The van der Waals surface area contributed by atoms with Crippen LogP contribution in [0.2, 0.25) is 0 Å². The Balaban J connectivity index is 2.12. The van der Waals surface area contributed by atoms with Gasteiger partial charge in [-0.3, -0.25) is 0 Å². The average molecular weight is 389 g/mol. The molecule has 3 nitrogen and oxygen atoms in total. The van der Waals surface area contributed by atoms with E-state index in [1.54, 1.807) is 17.4 Å². The molecule has 0 aliphatic carbocycles. The van der Waals surface area contributed by atoms with E-state index in [2.05, 4.69) is 25.9 Å². The first kappa shape index (κ1) is 14.9. The third-order valence-corrected chi connectivity index (χ3v) is 4.79. The predicted octanol–water partition coefficient (Wildman–Crippen LogP) is 4.53.